The number of unbranched alkanes of at least 4 members (excludes halogenated alkanes) is 2. The van der Waals surface area contributed by atoms with E-state index in [9.17, 15) is 14.7 Å². The van der Waals surface area contributed by atoms with Crippen LogP contribution in [0.5, 0.6) is 0 Å². The number of carbonyl (C=O) groups excluding carboxylic acids is 1. The summed E-state index contributed by atoms with van der Waals surface area (Å²) in [5.74, 6) is -1.08. The number of nitrogens with one attached hydrogen (secondary N) is 1. The van der Waals surface area contributed by atoms with E-state index in [2.05, 4.69) is 31.0 Å². The number of carboxylic acid groups (broad SMARTS) is 1. The highest BCUT2D eigenvalue weighted by molar-refractivity contribution is 5.70. The normalized spacial score (nSPS) is 14.0. The zero-order valence-corrected chi connectivity index (χ0v) is 18.3. The van der Waals surface area contributed by atoms with Gasteiger partial charge in [0.2, 0.25) is 0 Å². The molecular formula is C21H42N2O4. The van der Waals surface area contributed by atoms with Crippen LogP contribution in [-0.4, -0.2) is 53.3 Å². The third kappa shape index (κ3) is 12.7. The van der Waals surface area contributed by atoms with E-state index in [1.165, 1.54) is 0 Å². The molecule has 0 aromatic carbocycles. The molecule has 0 saturated heterocycles. The monoisotopic (exact) mass is 386 g/mol. The van der Waals surface area contributed by atoms with Crippen LogP contribution in [0.1, 0.15) is 86.5 Å². The lowest BCUT2D eigenvalue weighted by Gasteiger charge is -2.34. The Balaban J connectivity index is 5.05. The summed E-state index contributed by atoms with van der Waals surface area (Å²) in [6.07, 6.45) is 6.18. The van der Waals surface area contributed by atoms with Gasteiger partial charge < -0.3 is 15.2 Å². The topological polar surface area (TPSA) is 78.9 Å². The average Bonchev–Trinajstić information content (AvgIpc) is 2.56. The Morgan fingerprint density at radius 3 is 2.15 bits per heavy atom. The van der Waals surface area contributed by atoms with E-state index in [0.29, 0.717) is 19.5 Å². The first kappa shape index (κ1) is 25.7. The molecule has 6 nitrogen and oxygen atoms in total. The molecule has 0 aromatic rings. The lowest BCUT2D eigenvalue weighted by atomic mass is 9.99. The number of carbonyl (C=O) groups is 2. The third-order valence-electron chi connectivity index (χ3n) is 4.53. The molecule has 2 atom stereocenters. The largest absolute Gasteiger partial charge is 0.481 e. The number of hydrogen-bond acceptors (Lipinski definition) is 4. The first-order valence-corrected chi connectivity index (χ1v) is 10.6. The average molecular weight is 387 g/mol. The second kappa shape index (κ2) is 13.8. The summed E-state index contributed by atoms with van der Waals surface area (Å²) in [6, 6.07) is 0.123. The van der Waals surface area contributed by atoms with E-state index in [1.807, 2.05) is 20.8 Å². The van der Waals surface area contributed by atoms with Crippen LogP contribution in [-0.2, 0) is 9.53 Å². The van der Waals surface area contributed by atoms with Crippen LogP contribution < -0.4 is 5.32 Å². The number of nitrogens with zero attached hydrogens (tertiary/aromatic N) is 1. The molecule has 0 fully saturated rings. The standard InChI is InChI=1S/C21H42N2O4/c1-7-10-13-17(19(24)25)16-23(14-11-8-2)18(12-9-3)15-22-20(26)27-21(4,5)6/h17-18H,7-16H2,1-6H3,(H,22,26)(H,24,25)/t17-,18?/m0/s1. The van der Waals surface area contributed by atoms with E-state index in [0.717, 1.165) is 45.1 Å². The molecule has 0 aliphatic carbocycles. The molecule has 1 unspecified atom stereocenters. The highest BCUT2D eigenvalue weighted by Gasteiger charge is 2.26. The van der Waals surface area contributed by atoms with Crippen LogP contribution in [0.3, 0.4) is 0 Å². The van der Waals surface area contributed by atoms with Gasteiger partial charge in [0.05, 0.1) is 5.92 Å². The summed E-state index contributed by atoms with van der Waals surface area (Å²) >= 11 is 0. The molecule has 160 valence electrons. The molecular weight excluding hydrogens is 344 g/mol. The van der Waals surface area contributed by atoms with Crippen molar-refractivity contribution in [1.82, 2.24) is 10.2 Å². The van der Waals surface area contributed by atoms with Crippen molar-refractivity contribution in [3.05, 3.63) is 0 Å². The molecule has 2 N–H and O–H groups in total. The number of aliphatic carboxylic acids is 1. The Hall–Kier alpha value is -1.30. The van der Waals surface area contributed by atoms with Crippen LogP contribution in [0.25, 0.3) is 0 Å². The molecule has 0 saturated carbocycles. The predicted molar refractivity (Wildman–Crippen MR) is 110 cm³/mol. The summed E-state index contributed by atoms with van der Waals surface area (Å²) in [5.41, 5.74) is -0.527. The summed E-state index contributed by atoms with van der Waals surface area (Å²) in [6.45, 7) is 13.7. The third-order valence-corrected chi connectivity index (χ3v) is 4.53. The van der Waals surface area contributed by atoms with Gasteiger partial charge >= 0.3 is 12.1 Å². The fourth-order valence-electron chi connectivity index (χ4n) is 3.07. The molecule has 0 heterocycles. The number of alkyl carbamates (subject to hydrolysis) is 1. The molecule has 0 spiro atoms. The van der Waals surface area contributed by atoms with Crippen molar-refractivity contribution < 1.29 is 19.4 Å². The molecule has 0 bridgehead atoms. The van der Waals surface area contributed by atoms with Crippen LogP contribution in [0.15, 0.2) is 0 Å². The maximum Gasteiger partial charge on any atom is 0.407 e. The number of carboxylic acids is 1. The van der Waals surface area contributed by atoms with Gasteiger partial charge in [0.25, 0.3) is 0 Å². The van der Waals surface area contributed by atoms with E-state index in [1.54, 1.807) is 0 Å². The molecule has 1 amide bonds. The van der Waals surface area contributed by atoms with Gasteiger partial charge in [-0.25, -0.2) is 4.79 Å². The highest BCUT2D eigenvalue weighted by atomic mass is 16.6. The summed E-state index contributed by atoms with van der Waals surface area (Å²) in [5, 5.41) is 12.5. The first-order valence-electron chi connectivity index (χ1n) is 10.6. The summed E-state index contributed by atoms with van der Waals surface area (Å²) < 4.78 is 5.34. The minimum Gasteiger partial charge on any atom is -0.481 e. The lowest BCUT2D eigenvalue weighted by Crippen LogP contribution is -2.48. The van der Waals surface area contributed by atoms with Gasteiger partial charge in [-0.3, -0.25) is 9.69 Å². The maximum atomic E-state index is 12.0. The number of amides is 1. The van der Waals surface area contributed by atoms with Crippen LogP contribution >= 0.6 is 0 Å². The van der Waals surface area contributed by atoms with Crippen molar-refractivity contribution in [3.63, 3.8) is 0 Å². The smallest absolute Gasteiger partial charge is 0.407 e. The molecule has 0 aliphatic rings. The van der Waals surface area contributed by atoms with Crippen LogP contribution in [0, 0.1) is 5.92 Å². The molecule has 0 radical (unpaired) electrons. The van der Waals surface area contributed by atoms with Crippen molar-refractivity contribution >= 4 is 12.1 Å². The van der Waals surface area contributed by atoms with Gasteiger partial charge in [-0.1, -0.05) is 46.5 Å². The summed E-state index contributed by atoms with van der Waals surface area (Å²) in [7, 11) is 0. The van der Waals surface area contributed by atoms with Gasteiger partial charge in [0, 0.05) is 19.1 Å². The molecule has 6 heteroatoms. The Labute approximate surface area is 166 Å². The predicted octanol–water partition coefficient (Wildman–Crippen LogP) is 4.67. The minimum atomic E-state index is -0.722. The van der Waals surface area contributed by atoms with Gasteiger partial charge in [0.15, 0.2) is 0 Å². The van der Waals surface area contributed by atoms with E-state index in [4.69, 9.17) is 4.74 Å². The maximum absolute atomic E-state index is 12.0. The molecule has 27 heavy (non-hydrogen) atoms. The van der Waals surface area contributed by atoms with Crippen molar-refractivity contribution in [1.29, 1.82) is 0 Å². The van der Waals surface area contributed by atoms with E-state index in [-0.39, 0.29) is 12.0 Å². The fraction of sp³-hybridized carbons (Fsp3) is 0.905. The molecule has 0 aromatic heterocycles. The quantitative estimate of drug-likeness (QED) is 0.453. The SMILES string of the molecule is CCCC[C@@H](CN(CCCC)C(CCC)CNC(=O)OC(C)(C)C)C(=O)O. The van der Waals surface area contributed by atoms with Gasteiger partial charge in [0.1, 0.15) is 5.60 Å². The second-order valence-corrected chi connectivity index (χ2v) is 8.35. The minimum absolute atomic E-state index is 0.123. The Morgan fingerprint density at radius 2 is 1.67 bits per heavy atom. The van der Waals surface area contributed by atoms with E-state index < -0.39 is 17.7 Å². The zero-order chi connectivity index (χ0) is 20.9. The molecule has 0 rings (SSSR count). The van der Waals surface area contributed by atoms with Gasteiger partial charge in [-0.15, -0.1) is 0 Å². The van der Waals surface area contributed by atoms with Gasteiger partial charge in [-0.2, -0.15) is 0 Å². The van der Waals surface area contributed by atoms with Crippen LogP contribution in [0.2, 0.25) is 0 Å². The van der Waals surface area contributed by atoms with Gasteiger partial charge in [-0.05, 0) is 46.6 Å². The van der Waals surface area contributed by atoms with Crippen LogP contribution in [0.4, 0.5) is 4.79 Å². The number of ether oxygens (including phenoxy) is 1. The second-order valence-electron chi connectivity index (χ2n) is 8.35. The Kier molecular flexibility index (Phi) is 13.1. The van der Waals surface area contributed by atoms with E-state index >= 15 is 0 Å². The highest BCUT2D eigenvalue weighted by Crippen LogP contribution is 2.16. The van der Waals surface area contributed by atoms with Crippen molar-refractivity contribution in [2.45, 2.75) is 98.1 Å². The fourth-order valence-corrected chi connectivity index (χ4v) is 3.07. The number of hydrogen-bond donors (Lipinski definition) is 2. The molecule has 0 aliphatic heterocycles. The zero-order valence-electron chi connectivity index (χ0n) is 18.3. The lowest BCUT2D eigenvalue weighted by molar-refractivity contribution is -0.143. The Morgan fingerprint density at radius 1 is 1.04 bits per heavy atom. The first-order chi connectivity index (χ1) is 12.6. The van der Waals surface area contributed by atoms with Crippen molar-refractivity contribution in [3.8, 4) is 0 Å². The number of rotatable bonds is 14. The summed E-state index contributed by atoms with van der Waals surface area (Å²) in [4.78, 5) is 26.0. The Bertz CT molecular complexity index is 421. The van der Waals surface area contributed by atoms with Crippen molar-refractivity contribution in [2.75, 3.05) is 19.6 Å². The van der Waals surface area contributed by atoms with Crippen molar-refractivity contribution in [2.24, 2.45) is 5.92 Å².